The summed E-state index contributed by atoms with van der Waals surface area (Å²) < 4.78 is 19.0. The molecule has 0 bridgehead atoms. The second-order valence-corrected chi connectivity index (χ2v) is 6.02. The van der Waals surface area contributed by atoms with Gasteiger partial charge in [0.05, 0.1) is 18.7 Å². The van der Waals surface area contributed by atoms with Crippen molar-refractivity contribution in [2.75, 3.05) is 27.7 Å². The Kier molecular flexibility index (Phi) is 6.17. The SMILES string of the molecule is COc1ccc([C@@H](CNC(=O)c2ccc(Cl)cc2F)N(C)C)cc1. The minimum absolute atomic E-state index is 0.0216. The van der Waals surface area contributed by atoms with Gasteiger partial charge >= 0.3 is 0 Å². The van der Waals surface area contributed by atoms with Crippen LogP contribution >= 0.6 is 11.6 Å². The molecule has 24 heavy (non-hydrogen) atoms. The summed E-state index contributed by atoms with van der Waals surface area (Å²) in [7, 11) is 5.45. The lowest BCUT2D eigenvalue weighted by atomic mass is 10.1. The third-order valence-corrected chi connectivity index (χ3v) is 3.99. The summed E-state index contributed by atoms with van der Waals surface area (Å²) in [6.45, 7) is 0.347. The highest BCUT2D eigenvalue weighted by atomic mass is 35.5. The van der Waals surface area contributed by atoms with E-state index in [9.17, 15) is 9.18 Å². The molecule has 0 saturated carbocycles. The molecule has 0 aliphatic carbocycles. The summed E-state index contributed by atoms with van der Waals surface area (Å²) >= 11 is 5.71. The van der Waals surface area contributed by atoms with Gasteiger partial charge in [0.2, 0.25) is 0 Å². The highest BCUT2D eigenvalue weighted by molar-refractivity contribution is 6.30. The van der Waals surface area contributed by atoms with E-state index in [4.69, 9.17) is 16.3 Å². The van der Waals surface area contributed by atoms with Crippen LogP contribution in [0.1, 0.15) is 22.0 Å². The monoisotopic (exact) mass is 350 g/mol. The van der Waals surface area contributed by atoms with Crippen molar-refractivity contribution in [3.8, 4) is 5.75 Å². The van der Waals surface area contributed by atoms with Gasteiger partial charge in [0, 0.05) is 11.6 Å². The van der Waals surface area contributed by atoms with Crippen LogP contribution in [0.4, 0.5) is 4.39 Å². The van der Waals surface area contributed by atoms with Crippen molar-refractivity contribution in [2.24, 2.45) is 0 Å². The van der Waals surface area contributed by atoms with Crippen LogP contribution in [0.15, 0.2) is 42.5 Å². The zero-order valence-corrected chi connectivity index (χ0v) is 14.6. The molecule has 0 radical (unpaired) electrons. The summed E-state index contributed by atoms with van der Waals surface area (Å²) in [5.74, 6) is -0.334. The molecule has 0 fully saturated rings. The van der Waals surface area contributed by atoms with Gasteiger partial charge in [-0.3, -0.25) is 4.79 Å². The van der Waals surface area contributed by atoms with Crippen LogP contribution in [0.25, 0.3) is 0 Å². The molecular weight excluding hydrogens is 331 g/mol. The van der Waals surface area contributed by atoms with Crippen molar-refractivity contribution in [1.82, 2.24) is 10.2 Å². The number of rotatable bonds is 6. The highest BCUT2D eigenvalue weighted by Crippen LogP contribution is 2.21. The van der Waals surface area contributed by atoms with Crippen molar-refractivity contribution in [2.45, 2.75) is 6.04 Å². The molecular formula is C18H20ClFN2O2. The van der Waals surface area contributed by atoms with Crippen LogP contribution in [0.3, 0.4) is 0 Å². The number of carbonyl (C=O) groups excluding carboxylic acids is 1. The summed E-state index contributed by atoms with van der Waals surface area (Å²) in [4.78, 5) is 14.2. The minimum atomic E-state index is -0.633. The Morgan fingerprint density at radius 2 is 1.92 bits per heavy atom. The number of nitrogens with one attached hydrogen (secondary N) is 1. The van der Waals surface area contributed by atoms with Crippen molar-refractivity contribution in [3.63, 3.8) is 0 Å². The van der Waals surface area contributed by atoms with Crippen LogP contribution < -0.4 is 10.1 Å². The second-order valence-electron chi connectivity index (χ2n) is 5.59. The third-order valence-electron chi connectivity index (χ3n) is 3.76. The molecule has 0 aromatic heterocycles. The molecule has 2 aromatic carbocycles. The standard InChI is InChI=1S/C18H20ClFN2O2/c1-22(2)17(12-4-7-14(24-3)8-5-12)11-21-18(23)15-9-6-13(19)10-16(15)20/h4-10,17H,11H2,1-3H3,(H,21,23)/t17-/m1/s1. The van der Waals surface area contributed by atoms with E-state index in [0.717, 1.165) is 17.4 Å². The van der Waals surface area contributed by atoms with E-state index >= 15 is 0 Å². The molecule has 0 aliphatic rings. The molecule has 0 unspecified atom stereocenters. The van der Waals surface area contributed by atoms with Gasteiger partial charge < -0.3 is 15.0 Å². The van der Waals surface area contributed by atoms with E-state index in [1.807, 2.05) is 43.3 Å². The van der Waals surface area contributed by atoms with E-state index in [1.165, 1.54) is 12.1 Å². The van der Waals surface area contributed by atoms with E-state index in [0.29, 0.717) is 6.54 Å². The van der Waals surface area contributed by atoms with Crippen molar-refractivity contribution < 1.29 is 13.9 Å². The Hall–Kier alpha value is -2.11. The van der Waals surface area contributed by atoms with Crippen molar-refractivity contribution >= 4 is 17.5 Å². The summed E-state index contributed by atoms with van der Waals surface area (Å²) in [6, 6.07) is 11.6. The summed E-state index contributed by atoms with van der Waals surface area (Å²) in [5.41, 5.74) is 1.00. The Morgan fingerprint density at radius 3 is 2.46 bits per heavy atom. The number of amides is 1. The molecule has 4 nitrogen and oxygen atoms in total. The molecule has 2 rings (SSSR count). The van der Waals surface area contributed by atoms with Gasteiger partial charge in [0.1, 0.15) is 11.6 Å². The van der Waals surface area contributed by atoms with Gasteiger partial charge in [0.15, 0.2) is 0 Å². The van der Waals surface area contributed by atoms with E-state index in [2.05, 4.69) is 5.32 Å². The highest BCUT2D eigenvalue weighted by Gasteiger charge is 2.17. The fraction of sp³-hybridized carbons (Fsp3) is 0.278. The first-order chi connectivity index (χ1) is 11.4. The van der Waals surface area contributed by atoms with Gasteiger partial charge in [0.25, 0.3) is 5.91 Å². The Bertz CT molecular complexity index is 705. The molecule has 1 atom stereocenters. The number of methoxy groups -OCH3 is 1. The molecule has 2 aromatic rings. The first-order valence-electron chi connectivity index (χ1n) is 7.46. The second kappa shape index (κ2) is 8.13. The van der Waals surface area contributed by atoms with E-state index in [-0.39, 0.29) is 16.6 Å². The van der Waals surface area contributed by atoms with Crippen LogP contribution in [0.2, 0.25) is 5.02 Å². The van der Waals surface area contributed by atoms with E-state index in [1.54, 1.807) is 7.11 Å². The Labute approximate surface area is 146 Å². The predicted molar refractivity (Wildman–Crippen MR) is 93.2 cm³/mol. The molecule has 0 spiro atoms. The summed E-state index contributed by atoms with van der Waals surface area (Å²) in [5, 5.41) is 3.03. The first kappa shape index (κ1) is 18.2. The molecule has 0 saturated heterocycles. The van der Waals surface area contributed by atoms with Gasteiger partial charge in [-0.2, -0.15) is 0 Å². The fourth-order valence-corrected chi connectivity index (χ4v) is 2.54. The lowest BCUT2D eigenvalue weighted by molar-refractivity contribution is 0.0938. The number of hydrogen-bond donors (Lipinski definition) is 1. The molecule has 1 amide bonds. The van der Waals surface area contributed by atoms with Gasteiger partial charge in [-0.05, 0) is 50.0 Å². The van der Waals surface area contributed by atoms with Crippen LogP contribution in [0, 0.1) is 5.82 Å². The average Bonchev–Trinajstić information content (AvgIpc) is 2.55. The quantitative estimate of drug-likeness (QED) is 0.866. The summed E-state index contributed by atoms with van der Waals surface area (Å²) in [6.07, 6.45) is 0. The molecule has 1 N–H and O–H groups in total. The van der Waals surface area contributed by atoms with Crippen LogP contribution in [0.5, 0.6) is 5.75 Å². The Balaban J connectivity index is 2.09. The zero-order valence-electron chi connectivity index (χ0n) is 13.8. The fourth-order valence-electron chi connectivity index (χ4n) is 2.38. The maximum absolute atomic E-state index is 13.8. The minimum Gasteiger partial charge on any atom is -0.497 e. The number of ether oxygens (including phenoxy) is 1. The number of nitrogens with zero attached hydrogens (tertiary/aromatic N) is 1. The van der Waals surface area contributed by atoms with Gasteiger partial charge in [-0.25, -0.2) is 4.39 Å². The topological polar surface area (TPSA) is 41.6 Å². The number of carbonyl (C=O) groups is 1. The van der Waals surface area contributed by atoms with E-state index < -0.39 is 11.7 Å². The zero-order chi connectivity index (χ0) is 17.7. The largest absolute Gasteiger partial charge is 0.497 e. The van der Waals surface area contributed by atoms with Crippen LogP contribution in [-0.2, 0) is 0 Å². The molecule has 6 heteroatoms. The first-order valence-corrected chi connectivity index (χ1v) is 7.83. The maximum Gasteiger partial charge on any atom is 0.254 e. The lowest BCUT2D eigenvalue weighted by Gasteiger charge is -2.25. The van der Waals surface area contributed by atoms with Gasteiger partial charge in [-0.1, -0.05) is 23.7 Å². The number of likely N-dealkylation sites (N-methyl/N-ethyl adjacent to an activating group) is 1. The smallest absolute Gasteiger partial charge is 0.254 e. The Morgan fingerprint density at radius 1 is 1.25 bits per heavy atom. The average molecular weight is 351 g/mol. The normalized spacial score (nSPS) is 12.1. The number of benzene rings is 2. The molecule has 128 valence electrons. The van der Waals surface area contributed by atoms with Gasteiger partial charge in [-0.15, -0.1) is 0 Å². The van der Waals surface area contributed by atoms with Crippen molar-refractivity contribution in [1.29, 1.82) is 0 Å². The lowest BCUT2D eigenvalue weighted by Crippen LogP contribution is -2.34. The van der Waals surface area contributed by atoms with Crippen molar-refractivity contribution in [3.05, 3.63) is 64.4 Å². The predicted octanol–water partition coefficient (Wildman–Crippen LogP) is 3.52. The maximum atomic E-state index is 13.8. The van der Waals surface area contributed by atoms with Crippen LogP contribution in [-0.4, -0.2) is 38.6 Å². The third kappa shape index (κ3) is 4.46. The molecule has 0 heterocycles. The number of halogens is 2. The molecule has 0 aliphatic heterocycles. The number of hydrogen-bond acceptors (Lipinski definition) is 3.